The number of aromatic nitrogens is 2. The Morgan fingerprint density at radius 2 is 2.14 bits per heavy atom. The van der Waals surface area contributed by atoms with Gasteiger partial charge in [-0.15, -0.1) is 0 Å². The topological polar surface area (TPSA) is 82.6 Å². The Morgan fingerprint density at radius 1 is 1.43 bits per heavy atom. The van der Waals surface area contributed by atoms with Crippen molar-refractivity contribution < 1.29 is 14.3 Å². The predicted octanol–water partition coefficient (Wildman–Crippen LogP) is 1.00. The number of ether oxygens (including phenoxy) is 2. The van der Waals surface area contributed by atoms with Crippen LogP contribution in [0.2, 0.25) is 0 Å². The SMILES string of the molecule is CN(Cc1nccn1C)C(=O)c1cc2c(cc1N)OCO2. The molecule has 0 radical (unpaired) electrons. The molecule has 2 N–H and O–H groups in total. The van der Waals surface area contributed by atoms with E-state index in [4.69, 9.17) is 15.2 Å². The highest BCUT2D eigenvalue weighted by molar-refractivity contribution is 5.99. The van der Waals surface area contributed by atoms with Gasteiger partial charge in [0.05, 0.1) is 12.1 Å². The summed E-state index contributed by atoms with van der Waals surface area (Å²) in [6.07, 6.45) is 3.53. The van der Waals surface area contributed by atoms with Crippen molar-refractivity contribution in [2.24, 2.45) is 7.05 Å². The van der Waals surface area contributed by atoms with Crippen LogP contribution in [0.5, 0.6) is 11.5 Å². The minimum atomic E-state index is -0.186. The summed E-state index contributed by atoms with van der Waals surface area (Å²) in [5.74, 6) is 1.72. The van der Waals surface area contributed by atoms with Gasteiger partial charge in [0.25, 0.3) is 5.91 Å². The molecule has 1 aromatic carbocycles. The zero-order valence-electron chi connectivity index (χ0n) is 11.9. The maximum atomic E-state index is 12.5. The molecule has 0 fully saturated rings. The minimum absolute atomic E-state index is 0.148. The minimum Gasteiger partial charge on any atom is -0.454 e. The van der Waals surface area contributed by atoms with E-state index in [1.54, 1.807) is 30.3 Å². The van der Waals surface area contributed by atoms with Gasteiger partial charge in [0.1, 0.15) is 5.82 Å². The first kappa shape index (κ1) is 13.3. The number of hydrogen-bond donors (Lipinski definition) is 1. The van der Waals surface area contributed by atoms with E-state index >= 15 is 0 Å². The molecule has 7 heteroatoms. The van der Waals surface area contributed by atoms with Gasteiger partial charge in [-0.05, 0) is 6.07 Å². The highest BCUT2D eigenvalue weighted by atomic mass is 16.7. The van der Waals surface area contributed by atoms with Crippen LogP contribution < -0.4 is 15.2 Å². The van der Waals surface area contributed by atoms with Gasteiger partial charge in [0.2, 0.25) is 6.79 Å². The quantitative estimate of drug-likeness (QED) is 0.852. The van der Waals surface area contributed by atoms with Crippen LogP contribution in [-0.2, 0) is 13.6 Å². The van der Waals surface area contributed by atoms with Crippen LogP contribution in [0.25, 0.3) is 0 Å². The molecule has 2 aromatic rings. The number of carbonyl (C=O) groups is 1. The summed E-state index contributed by atoms with van der Waals surface area (Å²) in [6, 6.07) is 3.24. The van der Waals surface area contributed by atoms with Crippen molar-refractivity contribution in [1.29, 1.82) is 0 Å². The molecular formula is C14H16N4O3. The average Bonchev–Trinajstić information content (AvgIpc) is 3.06. The van der Waals surface area contributed by atoms with Gasteiger partial charge >= 0.3 is 0 Å². The molecule has 3 rings (SSSR count). The molecule has 1 aliphatic heterocycles. The zero-order chi connectivity index (χ0) is 15.0. The number of fused-ring (bicyclic) bond motifs is 1. The Kier molecular flexibility index (Phi) is 3.17. The number of nitrogens with two attached hydrogens (primary N) is 1. The van der Waals surface area contributed by atoms with Crippen LogP contribution in [0.1, 0.15) is 16.2 Å². The summed E-state index contributed by atoms with van der Waals surface area (Å²) in [6.45, 7) is 0.547. The summed E-state index contributed by atoms with van der Waals surface area (Å²) < 4.78 is 12.4. The maximum absolute atomic E-state index is 12.5. The zero-order valence-corrected chi connectivity index (χ0v) is 11.9. The van der Waals surface area contributed by atoms with Gasteiger partial charge in [-0.2, -0.15) is 0 Å². The van der Waals surface area contributed by atoms with Gasteiger partial charge in [0, 0.05) is 38.2 Å². The number of nitrogen functional groups attached to an aromatic ring is 1. The molecule has 2 heterocycles. The first-order chi connectivity index (χ1) is 10.1. The molecule has 110 valence electrons. The summed E-state index contributed by atoms with van der Waals surface area (Å²) >= 11 is 0. The first-order valence-corrected chi connectivity index (χ1v) is 6.47. The molecule has 0 saturated heterocycles. The van der Waals surface area contributed by atoms with Gasteiger partial charge in [-0.25, -0.2) is 4.98 Å². The smallest absolute Gasteiger partial charge is 0.256 e. The Labute approximate surface area is 121 Å². The molecular weight excluding hydrogens is 272 g/mol. The van der Waals surface area contributed by atoms with Gasteiger partial charge in [-0.3, -0.25) is 4.79 Å². The lowest BCUT2D eigenvalue weighted by atomic mass is 10.1. The van der Waals surface area contributed by atoms with E-state index in [-0.39, 0.29) is 12.7 Å². The normalized spacial score (nSPS) is 12.5. The number of benzene rings is 1. The lowest BCUT2D eigenvalue weighted by molar-refractivity contribution is 0.0781. The number of aryl methyl sites for hydroxylation is 1. The Morgan fingerprint density at radius 3 is 2.81 bits per heavy atom. The molecule has 7 nitrogen and oxygen atoms in total. The monoisotopic (exact) mass is 288 g/mol. The van der Waals surface area contributed by atoms with Crippen LogP contribution in [0, 0.1) is 0 Å². The van der Waals surface area contributed by atoms with E-state index in [1.165, 1.54) is 0 Å². The molecule has 0 saturated carbocycles. The van der Waals surface area contributed by atoms with E-state index < -0.39 is 0 Å². The number of hydrogen-bond acceptors (Lipinski definition) is 5. The Bertz CT molecular complexity index is 696. The fourth-order valence-corrected chi connectivity index (χ4v) is 2.18. The second kappa shape index (κ2) is 5.01. The van der Waals surface area contributed by atoms with Crippen LogP contribution >= 0.6 is 0 Å². The summed E-state index contributed by atoms with van der Waals surface area (Å²) in [5, 5.41) is 0. The molecule has 0 bridgehead atoms. The number of nitrogens with zero attached hydrogens (tertiary/aromatic N) is 3. The lowest BCUT2D eigenvalue weighted by Gasteiger charge is -2.18. The number of amides is 1. The largest absolute Gasteiger partial charge is 0.454 e. The molecule has 0 atom stereocenters. The summed E-state index contributed by atoms with van der Waals surface area (Å²) in [7, 11) is 3.59. The molecule has 1 aliphatic rings. The van der Waals surface area contributed by atoms with E-state index in [0.29, 0.717) is 29.3 Å². The maximum Gasteiger partial charge on any atom is 0.256 e. The molecule has 1 amide bonds. The third kappa shape index (κ3) is 2.37. The van der Waals surface area contributed by atoms with E-state index in [9.17, 15) is 4.79 Å². The van der Waals surface area contributed by atoms with Crippen molar-refractivity contribution in [1.82, 2.24) is 14.5 Å². The van der Waals surface area contributed by atoms with E-state index in [1.807, 2.05) is 17.8 Å². The summed E-state index contributed by atoms with van der Waals surface area (Å²) in [4.78, 5) is 18.3. The lowest BCUT2D eigenvalue weighted by Crippen LogP contribution is -2.28. The third-order valence-corrected chi connectivity index (χ3v) is 3.42. The second-order valence-electron chi connectivity index (χ2n) is 4.91. The van der Waals surface area contributed by atoms with Crippen LogP contribution in [0.3, 0.4) is 0 Å². The van der Waals surface area contributed by atoms with Crippen molar-refractivity contribution in [3.05, 3.63) is 35.9 Å². The van der Waals surface area contributed by atoms with Crippen molar-refractivity contribution in [3.8, 4) is 11.5 Å². The van der Waals surface area contributed by atoms with E-state index in [0.717, 1.165) is 5.82 Å². The van der Waals surface area contributed by atoms with Crippen molar-refractivity contribution in [3.63, 3.8) is 0 Å². The fourth-order valence-electron chi connectivity index (χ4n) is 2.18. The van der Waals surface area contributed by atoms with Crippen LogP contribution in [0.4, 0.5) is 5.69 Å². The molecule has 0 unspecified atom stereocenters. The van der Waals surface area contributed by atoms with Crippen molar-refractivity contribution in [2.45, 2.75) is 6.54 Å². The first-order valence-electron chi connectivity index (χ1n) is 6.47. The number of carbonyl (C=O) groups excluding carboxylic acids is 1. The molecule has 21 heavy (non-hydrogen) atoms. The molecule has 0 spiro atoms. The molecule has 1 aromatic heterocycles. The van der Waals surface area contributed by atoms with Gasteiger partial charge < -0.3 is 24.7 Å². The van der Waals surface area contributed by atoms with Gasteiger partial charge in [0.15, 0.2) is 11.5 Å². The number of imidazole rings is 1. The third-order valence-electron chi connectivity index (χ3n) is 3.42. The van der Waals surface area contributed by atoms with Gasteiger partial charge in [-0.1, -0.05) is 0 Å². The number of rotatable bonds is 3. The molecule has 0 aliphatic carbocycles. The van der Waals surface area contributed by atoms with Crippen molar-refractivity contribution in [2.75, 3.05) is 19.6 Å². The van der Waals surface area contributed by atoms with Crippen LogP contribution in [0.15, 0.2) is 24.5 Å². The van der Waals surface area contributed by atoms with E-state index in [2.05, 4.69) is 4.98 Å². The Hall–Kier alpha value is -2.70. The summed E-state index contributed by atoms with van der Waals surface area (Å²) in [5.41, 5.74) is 6.70. The average molecular weight is 288 g/mol. The highest BCUT2D eigenvalue weighted by Gasteiger charge is 2.22. The highest BCUT2D eigenvalue weighted by Crippen LogP contribution is 2.36. The second-order valence-corrected chi connectivity index (χ2v) is 4.91. The van der Waals surface area contributed by atoms with Crippen LogP contribution in [-0.4, -0.2) is 34.2 Å². The Balaban J connectivity index is 1.83. The predicted molar refractivity (Wildman–Crippen MR) is 76.0 cm³/mol. The standard InChI is InChI=1S/C14H16N4O3/c1-17-4-3-16-13(17)7-18(2)14(19)9-5-11-12(6-10(9)15)21-8-20-11/h3-6H,7-8,15H2,1-2H3. The van der Waals surface area contributed by atoms with Crippen molar-refractivity contribution >= 4 is 11.6 Å². The fraction of sp³-hybridized carbons (Fsp3) is 0.286. The number of anilines is 1.